The Morgan fingerprint density at radius 3 is 3.00 bits per heavy atom. The lowest BCUT2D eigenvalue weighted by molar-refractivity contribution is 0.109. The van der Waals surface area contributed by atoms with Crippen molar-refractivity contribution in [2.24, 2.45) is 0 Å². The fourth-order valence-corrected chi connectivity index (χ4v) is 2.79. The number of nitrogens with one attached hydrogen (secondary N) is 1. The van der Waals surface area contributed by atoms with Crippen molar-refractivity contribution in [3.63, 3.8) is 0 Å². The van der Waals surface area contributed by atoms with Crippen LogP contribution in [-0.4, -0.2) is 23.6 Å². The molecule has 0 atom stereocenters. The minimum atomic E-state index is 0.554. The van der Waals surface area contributed by atoms with Crippen molar-refractivity contribution in [3.05, 3.63) is 39.0 Å². The molecule has 3 rings (SSSR count). The average molecular weight is 355 g/mol. The van der Waals surface area contributed by atoms with Crippen LogP contribution in [0.1, 0.15) is 11.3 Å². The summed E-state index contributed by atoms with van der Waals surface area (Å²) < 4.78 is 6.42. The van der Waals surface area contributed by atoms with Crippen LogP contribution < -0.4 is 5.32 Å². The summed E-state index contributed by atoms with van der Waals surface area (Å²) in [6, 6.07) is 5.67. The van der Waals surface area contributed by atoms with E-state index in [4.69, 9.17) is 16.3 Å². The van der Waals surface area contributed by atoms with Gasteiger partial charge in [0.15, 0.2) is 5.82 Å². The zero-order valence-electron chi connectivity index (χ0n) is 10.9. The van der Waals surface area contributed by atoms with Gasteiger partial charge in [-0.25, -0.2) is 9.97 Å². The molecule has 0 bridgehead atoms. The van der Waals surface area contributed by atoms with Gasteiger partial charge in [0.2, 0.25) is 0 Å². The molecular formula is C14H13BrClN3O. The quantitative estimate of drug-likeness (QED) is 0.894. The SMILES string of the molecule is CNc1nc(-c2cc(Br)ccc2Cl)nc2c1COCC2. The van der Waals surface area contributed by atoms with Crippen molar-refractivity contribution >= 4 is 33.3 Å². The summed E-state index contributed by atoms with van der Waals surface area (Å²) in [5.41, 5.74) is 2.89. The molecule has 1 N–H and O–H groups in total. The largest absolute Gasteiger partial charge is 0.376 e. The highest BCUT2D eigenvalue weighted by atomic mass is 79.9. The van der Waals surface area contributed by atoms with Gasteiger partial charge in [-0.1, -0.05) is 27.5 Å². The maximum Gasteiger partial charge on any atom is 0.163 e. The van der Waals surface area contributed by atoms with E-state index in [1.807, 2.05) is 25.2 Å². The van der Waals surface area contributed by atoms with Crippen LogP contribution in [0.25, 0.3) is 11.4 Å². The Morgan fingerprint density at radius 2 is 2.20 bits per heavy atom. The molecule has 1 aromatic carbocycles. The second-order valence-corrected chi connectivity index (χ2v) is 5.82. The van der Waals surface area contributed by atoms with Crippen LogP contribution in [0.5, 0.6) is 0 Å². The Morgan fingerprint density at radius 1 is 1.35 bits per heavy atom. The molecule has 0 fully saturated rings. The minimum absolute atomic E-state index is 0.554. The fourth-order valence-electron chi connectivity index (χ4n) is 2.23. The van der Waals surface area contributed by atoms with E-state index in [9.17, 15) is 0 Å². The van der Waals surface area contributed by atoms with Crippen molar-refractivity contribution in [3.8, 4) is 11.4 Å². The Labute approximate surface area is 130 Å². The van der Waals surface area contributed by atoms with Crippen molar-refractivity contribution in [1.29, 1.82) is 0 Å². The Kier molecular flexibility index (Phi) is 3.92. The van der Waals surface area contributed by atoms with Gasteiger partial charge >= 0.3 is 0 Å². The summed E-state index contributed by atoms with van der Waals surface area (Å²) in [5, 5.41) is 3.75. The van der Waals surface area contributed by atoms with E-state index in [2.05, 4.69) is 31.2 Å². The lowest BCUT2D eigenvalue weighted by Gasteiger charge is -2.19. The van der Waals surface area contributed by atoms with Gasteiger partial charge in [0.1, 0.15) is 5.82 Å². The van der Waals surface area contributed by atoms with E-state index in [-0.39, 0.29) is 0 Å². The second kappa shape index (κ2) is 5.68. The third kappa shape index (κ3) is 2.53. The van der Waals surface area contributed by atoms with Gasteiger partial charge in [-0.15, -0.1) is 0 Å². The number of rotatable bonds is 2. The smallest absolute Gasteiger partial charge is 0.163 e. The fraction of sp³-hybridized carbons (Fsp3) is 0.286. The van der Waals surface area contributed by atoms with E-state index in [0.29, 0.717) is 24.1 Å². The topological polar surface area (TPSA) is 47.0 Å². The van der Waals surface area contributed by atoms with Crippen LogP contribution in [0, 0.1) is 0 Å². The summed E-state index contributed by atoms with van der Waals surface area (Å²) in [7, 11) is 1.85. The van der Waals surface area contributed by atoms with Crippen molar-refractivity contribution in [2.45, 2.75) is 13.0 Å². The van der Waals surface area contributed by atoms with E-state index in [1.54, 1.807) is 0 Å². The predicted molar refractivity (Wildman–Crippen MR) is 83.1 cm³/mol. The van der Waals surface area contributed by atoms with Gasteiger partial charge in [-0.05, 0) is 18.2 Å². The lowest BCUT2D eigenvalue weighted by Crippen LogP contribution is -2.16. The highest BCUT2D eigenvalue weighted by Gasteiger charge is 2.19. The van der Waals surface area contributed by atoms with Gasteiger partial charge in [-0.3, -0.25) is 0 Å². The number of halogens is 2. The Hall–Kier alpha value is -1.17. The molecule has 0 radical (unpaired) electrons. The van der Waals surface area contributed by atoms with E-state index in [1.165, 1.54) is 0 Å². The van der Waals surface area contributed by atoms with E-state index < -0.39 is 0 Å². The van der Waals surface area contributed by atoms with Crippen LogP contribution in [0.15, 0.2) is 22.7 Å². The molecule has 1 aromatic heterocycles. The van der Waals surface area contributed by atoms with Gasteiger partial charge in [0, 0.05) is 29.1 Å². The maximum absolute atomic E-state index is 6.26. The van der Waals surface area contributed by atoms with Crippen LogP contribution in [0.4, 0.5) is 5.82 Å². The normalized spacial score (nSPS) is 13.9. The van der Waals surface area contributed by atoms with Crippen LogP contribution in [0.2, 0.25) is 5.02 Å². The predicted octanol–water partition coefficient (Wildman–Crippen LogP) is 3.67. The first kappa shape index (κ1) is 13.8. The van der Waals surface area contributed by atoms with Gasteiger partial charge < -0.3 is 10.1 Å². The Balaban J connectivity index is 2.17. The van der Waals surface area contributed by atoms with Crippen LogP contribution in [0.3, 0.4) is 0 Å². The number of nitrogens with zero attached hydrogens (tertiary/aromatic N) is 2. The first-order valence-corrected chi connectivity index (χ1v) is 7.47. The molecule has 1 aliphatic heterocycles. The van der Waals surface area contributed by atoms with Gasteiger partial charge in [-0.2, -0.15) is 0 Å². The average Bonchev–Trinajstić information content (AvgIpc) is 2.48. The molecule has 0 saturated heterocycles. The Bertz CT molecular complexity index is 646. The summed E-state index contributed by atoms with van der Waals surface area (Å²) >= 11 is 9.72. The summed E-state index contributed by atoms with van der Waals surface area (Å²) in [4.78, 5) is 9.23. The van der Waals surface area contributed by atoms with Crippen LogP contribution >= 0.6 is 27.5 Å². The number of anilines is 1. The second-order valence-electron chi connectivity index (χ2n) is 4.50. The number of hydrogen-bond acceptors (Lipinski definition) is 4. The molecular weight excluding hydrogens is 342 g/mol. The monoisotopic (exact) mass is 353 g/mol. The van der Waals surface area contributed by atoms with E-state index in [0.717, 1.165) is 33.5 Å². The molecule has 0 amide bonds. The molecule has 1 aliphatic rings. The number of aromatic nitrogens is 2. The molecule has 4 nitrogen and oxygen atoms in total. The molecule has 104 valence electrons. The summed E-state index contributed by atoms with van der Waals surface area (Å²) in [6.07, 6.45) is 0.797. The number of ether oxygens (including phenoxy) is 1. The number of fused-ring (bicyclic) bond motifs is 1. The molecule has 0 unspecified atom stereocenters. The molecule has 2 aromatic rings. The van der Waals surface area contributed by atoms with Gasteiger partial charge in [0.05, 0.1) is 23.9 Å². The molecule has 6 heteroatoms. The number of hydrogen-bond donors (Lipinski definition) is 1. The molecule has 0 saturated carbocycles. The summed E-state index contributed by atoms with van der Waals surface area (Å²) in [5.74, 6) is 1.45. The molecule has 0 aliphatic carbocycles. The van der Waals surface area contributed by atoms with Crippen LogP contribution in [-0.2, 0) is 17.8 Å². The van der Waals surface area contributed by atoms with Gasteiger partial charge in [0.25, 0.3) is 0 Å². The molecule has 2 heterocycles. The van der Waals surface area contributed by atoms with Crippen molar-refractivity contribution < 1.29 is 4.74 Å². The highest BCUT2D eigenvalue weighted by molar-refractivity contribution is 9.10. The summed E-state index contributed by atoms with van der Waals surface area (Å²) in [6.45, 7) is 1.25. The first-order chi connectivity index (χ1) is 9.69. The molecule has 20 heavy (non-hydrogen) atoms. The lowest BCUT2D eigenvalue weighted by atomic mass is 10.1. The third-order valence-corrected chi connectivity index (χ3v) is 4.05. The minimum Gasteiger partial charge on any atom is -0.376 e. The standard InChI is InChI=1S/C14H13BrClN3O/c1-17-13-10-7-20-5-4-12(10)18-14(19-13)9-6-8(15)2-3-11(9)16/h2-3,6H,4-5,7H2,1H3,(H,17,18,19). The zero-order valence-corrected chi connectivity index (χ0v) is 13.3. The number of benzene rings is 1. The zero-order chi connectivity index (χ0) is 14.1. The first-order valence-electron chi connectivity index (χ1n) is 6.29. The van der Waals surface area contributed by atoms with Crippen molar-refractivity contribution in [2.75, 3.05) is 19.0 Å². The van der Waals surface area contributed by atoms with E-state index >= 15 is 0 Å². The molecule has 0 spiro atoms. The maximum atomic E-state index is 6.26. The third-order valence-electron chi connectivity index (χ3n) is 3.23. The van der Waals surface area contributed by atoms with Crippen molar-refractivity contribution in [1.82, 2.24) is 9.97 Å². The highest BCUT2D eigenvalue weighted by Crippen LogP contribution is 2.31.